The van der Waals surface area contributed by atoms with Gasteiger partial charge in [0.05, 0.1) is 6.20 Å². The van der Waals surface area contributed by atoms with Crippen LogP contribution in [-0.2, 0) is 6.54 Å². The van der Waals surface area contributed by atoms with Gasteiger partial charge in [-0.25, -0.2) is 4.98 Å². The van der Waals surface area contributed by atoms with E-state index in [4.69, 9.17) is 11.6 Å². The summed E-state index contributed by atoms with van der Waals surface area (Å²) in [5, 5.41) is 4.35. The van der Waals surface area contributed by atoms with Gasteiger partial charge in [-0.05, 0) is 0 Å². The fourth-order valence-corrected chi connectivity index (χ4v) is 2.42. The van der Waals surface area contributed by atoms with E-state index in [1.807, 2.05) is 17.8 Å². The molecule has 0 radical (unpaired) electrons. The lowest BCUT2D eigenvalue weighted by Crippen LogP contribution is -2.16. The minimum Gasteiger partial charge on any atom is -0.310 e. The SMILES string of the molecule is C=CCSCCNCc1ncc(Cl)s1. The van der Waals surface area contributed by atoms with Crippen molar-refractivity contribution in [2.24, 2.45) is 0 Å². The molecule has 1 heterocycles. The Hall–Kier alpha value is -0.0300. The molecule has 1 aromatic heterocycles. The van der Waals surface area contributed by atoms with Gasteiger partial charge in [0.15, 0.2) is 0 Å². The Morgan fingerprint density at radius 3 is 3.21 bits per heavy atom. The highest BCUT2D eigenvalue weighted by atomic mass is 35.5. The fraction of sp³-hybridized carbons (Fsp3) is 0.444. The summed E-state index contributed by atoms with van der Waals surface area (Å²) in [6, 6.07) is 0. The number of halogens is 1. The first-order valence-corrected chi connectivity index (χ1v) is 6.67. The van der Waals surface area contributed by atoms with Gasteiger partial charge < -0.3 is 5.32 Å². The van der Waals surface area contributed by atoms with E-state index >= 15 is 0 Å². The molecule has 0 amide bonds. The average molecular weight is 249 g/mol. The van der Waals surface area contributed by atoms with Crippen molar-refractivity contribution in [1.82, 2.24) is 10.3 Å². The van der Waals surface area contributed by atoms with Crippen LogP contribution in [0.1, 0.15) is 5.01 Å². The third-order valence-electron chi connectivity index (χ3n) is 1.46. The van der Waals surface area contributed by atoms with Crippen molar-refractivity contribution in [1.29, 1.82) is 0 Å². The molecular weight excluding hydrogens is 236 g/mol. The van der Waals surface area contributed by atoms with Crippen LogP contribution in [-0.4, -0.2) is 23.0 Å². The van der Waals surface area contributed by atoms with Crippen LogP contribution in [0.25, 0.3) is 0 Å². The molecule has 0 saturated carbocycles. The summed E-state index contributed by atoms with van der Waals surface area (Å²) in [4.78, 5) is 4.15. The van der Waals surface area contributed by atoms with Gasteiger partial charge in [0, 0.05) is 24.6 Å². The molecule has 0 aliphatic carbocycles. The fourth-order valence-electron chi connectivity index (χ4n) is 0.876. The topological polar surface area (TPSA) is 24.9 Å². The Kier molecular flexibility index (Phi) is 6.27. The molecule has 0 aliphatic heterocycles. The van der Waals surface area contributed by atoms with Gasteiger partial charge in [-0.1, -0.05) is 17.7 Å². The molecule has 1 N–H and O–H groups in total. The van der Waals surface area contributed by atoms with Gasteiger partial charge in [0.1, 0.15) is 9.34 Å². The largest absolute Gasteiger partial charge is 0.310 e. The van der Waals surface area contributed by atoms with E-state index in [2.05, 4.69) is 16.9 Å². The average Bonchev–Trinajstić information content (AvgIpc) is 2.58. The third kappa shape index (κ3) is 5.00. The highest BCUT2D eigenvalue weighted by Gasteiger charge is 1.98. The lowest BCUT2D eigenvalue weighted by molar-refractivity contribution is 0.728. The van der Waals surface area contributed by atoms with Crippen LogP contribution in [0, 0.1) is 0 Å². The molecule has 1 aromatic rings. The van der Waals surface area contributed by atoms with E-state index in [1.54, 1.807) is 6.20 Å². The maximum Gasteiger partial charge on any atom is 0.113 e. The van der Waals surface area contributed by atoms with Crippen molar-refractivity contribution < 1.29 is 0 Å². The van der Waals surface area contributed by atoms with Gasteiger partial charge in [0.25, 0.3) is 0 Å². The number of nitrogens with zero attached hydrogens (tertiary/aromatic N) is 1. The molecule has 0 atom stereocenters. The number of thiazole rings is 1. The molecule has 0 spiro atoms. The van der Waals surface area contributed by atoms with E-state index < -0.39 is 0 Å². The van der Waals surface area contributed by atoms with E-state index in [9.17, 15) is 0 Å². The number of hydrogen-bond donors (Lipinski definition) is 1. The van der Waals surface area contributed by atoms with Crippen LogP contribution in [0.4, 0.5) is 0 Å². The second-order valence-corrected chi connectivity index (χ2v) is 5.49. The van der Waals surface area contributed by atoms with Crippen molar-refractivity contribution in [2.75, 3.05) is 18.1 Å². The molecule has 78 valence electrons. The van der Waals surface area contributed by atoms with Crippen LogP contribution in [0.2, 0.25) is 4.34 Å². The molecule has 14 heavy (non-hydrogen) atoms. The van der Waals surface area contributed by atoms with Gasteiger partial charge in [-0.2, -0.15) is 11.8 Å². The van der Waals surface area contributed by atoms with Crippen molar-refractivity contribution in [3.63, 3.8) is 0 Å². The number of aromatic nitrogens is 1. The second-order valence-electron chi connectivity index (χ2n) is 2.60. The quantitative estimate of drug-likeness (QED) is 0.593. The van der Waals surface area contributed by atoms with E-state index in [-0.39, 0.29) is 0 Å². The van der Waals surface area contributed by atoms with Crippen molar-refractivity contribution >= 4 is 34.7 Å². The zero-order valence-corrected chi connectivity index (χ0v) is 10.2. The number of nitrogens with one attached hydrogen (secondary N) is 1. The molecule has 0 bridgehead atoms. The second kappa shape index (κ2) is 7.29. The summed E-state index contributed by atoms with van der Waals surface area (Å²) < 4.78 is 0.753. The first-order chi connectivity index (χ1) is 6.83. The molecule has 0 fully saturated rings. The molecule has 0 saturated heterocycles. The van der Waals surface area contributed by atoms with Crippen molar-refractivity contribution in [2.45, 2.75) is 6.54 Å². The number of rotatable bonds is 7. The van der Waals surface area contributed by atoms with Gasteiger partial charge in [0.2, 0.25) is 0 Å². The summed E-state index contributed by atoms with van der Waals surface area (Å²) in [5.41, 5.74) is 0. The van der Waals surface area contributed by atoms with Gasteiger partial charge in [-0.3, -0.25) is 0 Å². The summed E-state index contributed by atoms with van der Waals surface area (Å²) in [7, 11) is 0. The third-order valence-corrected chi connectivity index (χ3v) is 3.54. The van der Waals surface area contributed by atoms with E-state index in [0.717, 1.165) is 33.9 Å². The Bertz CT molecular complexity index is 276. The maximum atomic E-state index is 5.75. The smallest absolute Gasteiger partial charge is 0.113 e. The monoisotopic (exact) mass is 248 g/mol. The summed E-state index contributed by atoms with van der Waals surface area (Å²) >= 11 is 9.15. The Balaban J connectivity index is 2.01. The van der Waals surface area contributed by atoms with Crippen LogP contribution in [0.5, 0.6) is 0 Å². The van der Waals surface area contributed by atoms with E-state index in [0.29, 0.717) is 0 Å². The first-order valence-electron chi connectivity index (χ1n) is 4.32. The van der Waals surface area contributed by atoms with Crippen molar-refractivity contribution in [3.05, 3.63) is 28.2 Å². The molecule has 0 unspecified atom stereocenters. The summed E-state index contributed by atoms with van der Waals surface area (Å²) in [6.45, 7) is 5.47. The van der Waals surface area contributed by atoms with E-state index in [1.165, 1.54) is 11.3 Å². The maximum absolute atomic E-state index is 5.75. The number of hydrogen-bond acceptors (Lipinski definition) is 4. The Morgan fingerprint density at radius 2 is 2.57 bits per heavy atom. The first kappa shape index (κ1) is 12.0. The standard InChI is InChI=1S/C9H13ClN2S2/c1-2-4-13-5-3-11-7-9-12-6-8(10)14-9/h2,6,11H,1,3-5,7H2. The molecule has 2 nitrogen and oxygen atoms in total. The summed E-state index contributed by atoms with van der Waals surface area (Å²) in [6.07, 6.45) is 3.61. The Morgan fingerprint density at radius 1 is 1.71 bits per heavy atom. The summed E-state index contributed by atoms with van der Waals surface area (Å²) in [5.74, 6) is 2.12. The molecule has 0 aromatic carbocycles. The zero-order chi connectivity index (χ0) is 10.2. The lowest BCUT2D eigenvalue weighted by Gasteiger charge is -2.00. The minimum absolute atomic E-state index is 0.753. The molecular formula is C9H13ClN2S2. The predicted molar refractivity (Wildman–Crippen MR) is 66.4 cm³/mol. The predicted octanol–water partition coefficient (Wildman–Crippen LogP) is 2.81. The van der Waals surface area contributed by atoms with Crippen molar-refractivity contribution in [3.8, 4) is 0 Å². The van der Waals surface area contributed by atoms with Crippen LogP contribution in [0.15, 0.2) is 18.9 Å². The lowest BCUT2D eigenvalue weighted by atomic mass is 10.6. The highest BCUT2D eigenvalue weighted by Crippen LogP contribution is 2.17. The number of thioether (sulfide) groups is 1. The van der Waals surface area contributed by atoms with Gasteiger partial charge in [-0.15, -0.1) is 17.9 Å². The zero-order valence-electron chi connectivity index (χ0n) is 7.83. The van der Waals surface area contributed by atoms with Crippen LogP contribution >= 0.6 is 34.7 Å². The molecule has 0 aliphatic rings. The molecule has 5 heteroatoms. The highest BCUT2D eigenvalue weighted by molar-refractivity contribution is 7.99. The van der Waals surface area contributed by atoms with Crippen LogP contribution < -0.4 is 5.32 Å². The van der Waals surface area contributed by atoms with Gasteiger partial charge >= 0.3 is 0 Å². The Labute approximate surface area is 97.8 Å². The normalized spacial score (nSPS) is 10.4. The minimum atomic E-state index is 0.753. The van der Waals surface area contributed by atoms with Crippen LogP contribution in [0.3, 0.4) is 0 Å². The molecule has 1 rings (SSSR count).